The summed E-state index contributed by atoms with van der Waals surface area (Å²) in [5, 5.41) is 9.43. The number of benzene rings is 2. The first-order chi connectivity index (χ1) is 12.5. The van der Waals surface area contributed by atoms with Crippen LogP contribution < -0.4 is 0 Å². The minimum Gasteiger partial charge on any atom is -0.660 e. The summed E-state index contributed by atoms with van der Waals surface area (Å²) in [6.07, 6.45) is 3.94. The Labute approximate surface area is 171 Å². The molecule has 5 heteroatoms. The van der Waals surface area contributed by atoms with Crippen LogP contribution >= 0.6 is 0 Å². The van der Waals surface area contributed by atoms with Crippen LogP contribution in [-0.4, -0.2) is 11.4 Å². The second-order valence-corrected chi connectivity index (χ2v) is 6.28. The number of fused-ring (bicyclic) bond motifs is 2. The van der Waals surface area contributed by atoms with E-state index in [4.69, 9.17) is 20.6 Å². The van der Waals surface area contributed by atoms with Gasteiger partial charge < -0.3 is 10.6 Å². The van der Waals surface area contributed by atoms with Crippen LogP contribution in [-0.2, 0) is 17.1 Å². The zero-order valence-electron chi connectivity index (χ0n) is 15.9. The van der Waals surface area contributed by atoms with Crippen LogP contribution in [0.15, 0.2) is 82.1 Å². The summed E-state index contributed by atoms with van der Waals surface area (Å²) in [4.78, 5) is 9.43. The van der Waals surface area contributed by atoms with Crippen molar-refractivity contribution < 1.29 is 17.1 Å². The topological polar surface area (TPSA) is 52.9 Å². The van der Waals surface area contributed by atoms with Crippen molar-refractivity contribution in [3.63, 3.8) is 0 Å². The Kier molecular flexibility index (Phi) is 7.17. The van der Waals surface area contributed by atoms with Gasteiger partial charge in [0.2, 0.25) is 0 Å². The van der Waals surface area contributed by atoms with Gasteiger partial charge in [0, 0.05) is 22.8 Å². The number of rotatable bonds is 0. The van der Waals surface area contributed by atoms with Gasteiger partial charge in [0.1, 0.15) is 0 Å². The number of para-hydroxylation sites is 4. The molecule has 4 nitrogen and oxygen atoms in total. The van der Waals surface area contributed by atoms with Crippen LogP contribution in [0.25, 0.3) is 10.6 Å². The van der Waals surface area contributed by atoms with E-state index in [0.29, 0.717) is 0 Å². The maximum atomic E-state index is 4.72. The predicted octanol–water partition coefficient (Wildman–Crippen LogP) is 7.40. The monoisotopic (exact) mass is 405 g/mol. The minimum atomic E-state index is 0. The van der Waals surface area contributed by atoms with Crippen LogP contribution in [0.5, 0.6) is 0 Å². The summed E-state index contributed by atoms with van der Waals surface area (Å²) < 4.78 is 0. The molecule has 0 saturated heterocycles. The number of hydrogen-bond acceptors (Lipinski definition) is 2. The quantitative estimate of drug-likeness (QED) is 0.410. The van der Waals surface area contributed by atoms with Gasteiger partial charge in [-0.05, 0) is 26.0 Å². The molecular weight excluding hydrogens is 384 g/mol. The van der Waals surface area contributed by atoms with Crippen molar-refractivity contribution in [1.82, 2.24) is 0 Å². The molecule has 141 valence electrons. The fourth-order valence-electron chi connectivity index (χ4n) is 2.80. The molecular formula is C22H22CuN4. The Morgan fingerprint density at radius 3 is 1.37 bits per heavy atom. The second kappa shape index (κ2) is 9.35. The van der Waals surface area contributed by atoms with Crippen LogP contribution in [0.3, 0.4) is 0 Å². The van der Waals surface area contributed by atoms with E-state index in [1.165, 1.54) is 0 Å². The van der Waals surface area contributed by atoms with Crippen LogP contribution in [0, 0.1) is 0 Å². The van der Waals surface area contributed by atoms with E-state index >= 15 is 0 Å². The molecule has 0 spiro atoms. The Balaban J connectivity index is 0.00000261. The van der Waals surface area contributed by atoms with Crippen molar-refractivity contribution in [3.05, 3.63) is 82.7 Å². The smallest absolute Gasteiger partial charge is 0.660 e. The molecule has 1 aliphatic rings. The number of allylic oxidation sites excluding steroid dienone is 4. The molecule has 0 unspecified atom stereocenters. The molecule has 3 rings (SSSR count). The second-order valence-electron chi connectivity index (χ2n) is 6.28. The molecule has 0 N–H and O–H groups in total. The molecule has 2 aromatic carbocycles. The fraction of sp³-hybridized carbons (Fsp3) is 0.182. The van der Waals surface area contributed by atoms with Gasteiger partial charge in [-0.2, -0.15) is 11.4 Å². The van der Waals surface area contributed by atoms with E-state index in [0.717, 1.165) is 45.6 Å². The fourth-order valence-corrected chi connectivity index (χ4v) is 2.80. The van der Waals surface area contributed by atoms with E-state index in [2.05, 4.69) is 0 Å². The van der Waals surface area contributed by atoms with Gasteiger partial charge in [0.25, 0.3) is 0 Å². The molecule has 0 aromatic heterocycles. The third-order valence-electron chi connectivity index (χ3n) is 3.79. The van der Waals surface area contributed by atoms with Gasteiger partial charge in [0.05, 0.1) is 0 Å². The molecule has 1 heterocycles. The number of hydrogen-bond donors (Lipinski definition) is 0. The van der Waals surface area contributed by atoms with Gasteiger partial charge in [-0.15, -0.1) is 11.4 Å². The summed E-state index contributed by atoms with van der Waals surface area (Å²) in [5.74, 6) is 0. The Hall–Kier alpha value is -2.62. The molecule has 1 aliphatic heterocycles. The molecule has 27 heavy (non-hydrogen) atoms. The number of nitrogens with zero attached hydrogens (tertiary/aromatic N) is 4. The summed E-state index contributed by atoms with van der Waals surface area (Å²) in [6.45, 7) is 7.88. The zero-order chi connectivity index (χ0) is 18.5. The molecule has 1 radical (unpaired) electrons. The van der Waals surface area contributed by atoms with Crippen LogP contribution in [0.1, 0.15) is 27.7 Å². The van der Waals surface area contributed by atoms with Crippen molar-refractivity contribution >= 4 is 34.2 Å². The summed E-state index contributed by atoms with van der Waals surface area (Å²) in [5.41, 5.74) is 6.88. The van der Waals surface area contributed by atoms with Gasteiger partial charge in [-0.1, -0.05) is 62.4 Å². The third-order valence-corrected chi connectivity index (χ3v) is 3.79. The SMILES string of the molecule is CC1=Nc2ccccc2[N-]/C(C)=C\C(C)=Nc2ccccc2[N-]/C(C)=C\1.[Cu+2]. The molecule has 0 aliphatic carbocycles. The van der Waals surface area contributed by atoms with E-state index in [1.54, 1.807) is 0 Å². The molecule has 0 amide bonds. The van der Waals surface area contributed by atoms with E-state index in [9.17, 15) is 0 Å². The van der Waals surface area contributed by atoms with Crippen molar-refractivity contribution in [2.45, 2.75) is 27.7 Å². The summed E-state index contributed by atoms with van der Waals surface area (Å²) in [6, 6.07) is 15.8. The van der Waals surface area contributed by atoms with Gasteiger partial charge in [-0.3, -0.25) is 9.98 Å². The van der Waals surface area contributed by atoms with Crippen molar-refractivity contribution in [2.75, 3.05) is 0 Å². The number of aliphatic imine (C=N–C) groups is 2. The maximum Gasteiger partial charge on any atom is 2.00 e. The predicted molar refractivity (Wildman–Crippen MR) is 112 cm³/mol. The minimum absolute atomic E-state index is 0. The van der Waals surface area contributed by atoms with Crippen molar-refractivity contribution in [3.8, 4) is 0 Å². The summed E-state index contributed by atoms with van der Waals surface area (Å²) in [7, 11) is 0. The van der Waals surface area contributed by atoms with Crippen LogP contribution in [0.4, 0.5) is 22.7 Å². The molecule has 0 fully saturated rings. The zero-order valence-corrected chi connectivity index (χ0v) is 16.8. The van der Waals surface area contributed by atoms with Crippen LogP contribution in [0.2, 0.25) is 0 Å². The third kappa shape index (κ3) is 5.68. The molecule has 2 aromatic rings. The standard InChI is InChI=1S/C22H22N4.Cu/c1-15-13-16(2)24-21-11-7-8-12-22(21)26-18(4)14-17(3)25-20-10-6-5-9-19(20)23-15;/h5-14H,1-4H3;/q-2;+2/b15-13-,18-14-,24-16?,25-17?;. The maximum absolute atomic E-state index is 4.72. The van der Waals surface area contributed by atoms with Crippen molar-refractivity contribution in [2.24, 2.45) is 9.98 Å². The van der Waals surface area contributed by atoms with E-state index < -0.39 is 0 Å². The average Bonchev–Trinajstić information content (AvgIpc) is 2.57. The summed E-state index contributed by atoms with van der Waals surface area (Å²) >= 11 is 0. The molecule has 0 saturated carbocycles. The normalized spacial score (nSPS) is 18.2. The first kappa shape index (κ1) is 20.7. The first-order valence-corrected chi connectivity index (χ1v) is 8.60. The van der Waals surface area contributed by atoms with E-state index in [1.807, 2.05) is 88.4 Å². The van der Waals surface area contributed by atoms with Gasteiger partial charge in [-0.25, -0.2) is 0 Å². The Bertz CT molecular complexity index is 861. The van der Waals surface area contributed by atoms with Gasteiger partial charge in [0.15, 0.2) is 0 Å². The largest absolute Gasteiger partial charge is 2.00 e. The molecule has 0 atom stereocenters. The van der Waals surface area contributed by atoms with Gasteiger partial charge >= 0.3 is 17.1 Å². The Morgan fingerprint density at radius 2 is 0.963 bits per heavy atom. The van der Waals surface area contributed by atoms with E-state index in [-0.39, 0.29) is 17.1 Å². The Morgan fingerprint density at radius 1 is 0.593 bits per heavy atom. The first-order valence-electron chi connectivity index (χ1n) is 8.60. The molecule has 0 bridgehead atoms. The van der Waals surface area contributed by atoms with Crippen molar-refractivity contribution in [1.29, 1.82) is 0 Å². The average molecular weight is 406 g/mol.